The fourth-order valence-electron chi connectivity index (χ4n) is 5.91. The zero-order chi connectivity index (χ0) is 27.1. The molecular weight excluding hydrogens is 508 g/mol. The van der Waals surface area contributed by atoms with Crippen LogP contribution in [0.1, 0.15) is 36.4 Å². The fourth-order valence-corrected chi connectivity index (χ4v) is 6.38. The summed E-state index contributed by atoms with van der Waals surface area (Å²) < 4.78 is 31.5. The second-order valence-corrected chi connectivity index (χ2v) is 12.0. The summed E-state index contributed by atoms with van der Waals surface area (Å²) in [6.07, 6.45) is 2.01. The lowest BCUT2D eigenvalue weighted by atomic mass is 9.72. The van der Waals surface area contributed by atoms with Crippen molar-refractivity contribution in [1.29, 1.82) is 0 Å². The fraction of sp³-hybridized carbons (Fsp3) is 0.444. The largest absolute Gasteiger partial charge is 0.494 e. The van der Waals surface area contributed by atoms with Gasteiger partial charge in [0, 0.05) is 38.8 Å². The Kier molecular flexibility index (Phi) is 6.91. The van der Waals surface area contributed by atoms with Crippen molar-refractivity contribution in [3.8, 4) is 5.75 Å². The molecular formula is C27H32N4O6S. The summed E-state index contributed by atoms with van der Waals surface area (Å²) in [5.74, 6) is -0.0131. The maximum Gasteiger partial charge on any atom is 0.242 e. The van der Waals surface area contributed by atoms with Gasteiger partial charge >= 0.3 is 0 Å². The van der Waals surface area contributed by atoms with Crippen LogP contribution in [0.25, 0.3) is 0 Å². The molecule has 3 aliphatic rings. The van der Waals surface area contributed by atoms with E-state index in [0.717, 1.165) is 17.4 Å². The standard InChI is InChI=1S/C27H32N4O6S/c1-29-14-6-16-37-20-8-5-7-19(17-20)25-27(12-15-30(25)23(32)11-13-28-38(2,35)36)21-9-3-4-10-22(21)31(26(27)34)18-24(29)33/h3-5,7-10,17,25,28H,6,11-16,18H2,1-2H3/t25-,27+/m0/s1. The Bertz CT molecular complexity index is 1380. The van der Waals surface area contributed by atoms with E-state index in [1.54, 1.807) is 21.7 Å². The molecule has 1 saturated heterocycles. The summed E-state index contributed by atoms with van der Waals surface area (Å²) >= 11 is 0. The van der Waals surface area contributed by atoms with Gasteiger partial charge in [-0.05, 0) is 42.2 Å². The van der Waals surface area contributed by atoms with Gasteiger partial charge in [-0.2, -0.15) is 0 Å². The number of nitrogens with zero attached hydrogens (tertiary/aromatic N) is 3. The first-order chi connectivity index (χ1) is 18.1. The summed E-state index contributed by atoms with van der Waals surface area (Å²) in [5, 5.41) is 0. The van der Waals surface area contributed by atoms with Crippen LogP contribution in [0.4, 0.5) is 5.69 Å². The van der Waals surface area contributed by atoms with E-state index >= 15 is 0 Å². The third kappa shape index (κ3) is 4.64. The lowest BCUT2D eigenvalue weighted by molar-refractivity contribution is -0.135. The van der Waals surface area contributed by atoms with Crippen molar-refractivity contribution in [2.24, 2.45) is 0 Å². The summed E-state index contributed by atoms with van der Waals surface area (Å²) in [6.45, 7) is 1.11. The van der Waals surface area contributed by atoms with Gasteiger partial charge in [0.05, 0.1) is 18.9 Å². The molecule has 3 amide bonds. The first kappa shape index (κ1) is 26.2. The van der Waals surface area contributed by atoms with Gasteiger partial charge in [0.1, 0.15) is 17.7 Å². The van der Waals surface area contributed by atoms with Crippen LogP contribution in [-0.2, 0) is 29.8 Å². The number of nitrogens with one attached hydrogen (secondary N) is 1. The van der Waals surface area contributed by atoms with Gasteiger partial charge in [-0.15, -0.1) is 0 Å². The van der Waals surface area contributed by atoms with E-state index in [9.17, 15) is 22.8 Å². The molecule has 1 fully saturated rings. The van der Waals surface area contributed by atoms with Crippen molar-refractivity contribution in [2.75, 3.05) is 51.0 Å². The van der Waals surface area contributed by atoms with E-state index in [1.807, 2.05) is 48.5 Å². The molecule has 4 bridgehead atoms. The zero-order valence-corrected chi connectivity index (χ0v) is 22.4. The minimum Gasteiger partial charge on any atom is -0.494 e. The van der Waals surface area contributed by atoms with E-state index in [-0.39, 0.29) is 37.2 Å². The molecule has 3 heterocycles. The number of benzene rings is 2. The molecule has 11 heteroatoms. The molecule has 0 aliphatic carbocycles. The van der Waals surface area contributed by atoms with Crippen LogP contribution in [0.3, 0.4) is 0 Å². The molecule has 2 aromatic rings. The Morgan fingerprint density at radius 1 is 1.13 bits per heavy atom. The Balaban J connectivity index is 1.62. The normalized spacial score (nSPS) is 23.5. The number of likely N-dealkylation sites (tertiary alicyclic amines) is 1. The van der Waals surface area contributed by atoms with Gasteiger partial charge in [-0.1, -0.05) is 30.3 Å². The Labute approximate surface area is 222 Å². The number of fused-ring (bicyclic) bond motifs is 6. The predicted octanol–water partition coefficient (Wildman–Crippen LogP) is 1.42. The molecule has 2 aromatic carbocycles. The number of likely N-dealkylation sites (N-methyl/N-ethyl adjacent to an activating group) is 1. The van der Waals surface area contributed by atoms with Crippen LogP contribution >= 0.6 is 0 Å². The maximum atomic E-state index is 14.4. The minimum atomic E-state index is -3.45. The van der Waals surface area contributed by atoms with Gasteiger partial charge in [-0.25, -0.2) is 13.1 Å². The maximum absolute atomic E-state index is 14.4. The summed E-state index contributed by atoms with van der Waals surface area (Å²) in [7, 11) is -1.72. The first-order valence-electron chi connectivity index (χ1n) is 12.7. The lowest BCUT2D eigenvalue weighted by Gasteiger charge is -2.35. The number of amides is 3. The van der Waals surface area contributed by atoms with Gasteiger partial charge < -0.3 is 19.4 Å². The van der Waals surface area contributed by atoms with Gasteiger partial charge in [0.15, 0.2) is 0 Å². The van der Waals surface area contributed by atoms with E-state index in [4.69, 9.17) is 4.74 Å². The number of para-hydroxylation sites is 1. The highest BCUT2D eigenvalue weighted by Gasteiger charge is 2.61. The molecule has 3 aliphatic heterocycles. The quantitative estimate of drug-likeness (QED) is 0.627. The highest BCUT2D eigenvalue weighted by atomic mass is 32.2. The summed E-state index contributed by atoms with van der Waals surface area (Å²) in [4.78, 5) is 45.9. The van der Waals surface area contributed by atoms with Crippen LogP contribution in [-0.4, -0.2) is 82.0 Å². The minimum absolute atomic E-state index is 0.0332. The molecule has 0 aromatic heterocycles. The molecule has 5 rings (SSSR count). The van der Waals surface area contributed by atoms with Crippen molar-refractivity contribution >= 4 is 33.4 Å². The van der Waals surface area contributed by atoms with Crippen LogP contribution in [0.5, 0.6) is 5.75 Å². The number of anilines is 1. The first-order valence-corrected chi connectivity index (χ1v) is 14.6. The topological polar surface area (TPSA) is 116 Å². The van der Waals surface area contributed by atoms with Crippen molar-refractivity contribution in [3.63, 3.8) is 0 Å². The van der Waals surface area contributed by atoms with Crippen LogP contribution in [0.2, 0.25) is 0 Å². The lowest BCUT2D eigenvalue weighted by Crippen LogP contribution is -2.48. The number of ether oxygens (including phenoxy) is 1. The summed E-state index contributed by atoms with van der Waals surface area (Å²) in [6, 6.07) is 14.3. The van der Waals surface area contributed by atoms with Crippen LogP contribution in [0.15, 0.2) is 48.5 Å². The second-order valence-electron chi connectivity index (χ2n) is 10.1. The second kappa shape index (κ2) is 10.0. The Morgan fingerprint density at radius 2 is 1.92 bits per heavy atom. The van der Waals surface area contributed by atoms with Gasteiger partial charge in [0.2, 0.25) is 27.7 Å². The van der Waals surface area contributed by atoms with Crippen molar-refractivity contribution in [1.82, 2.24) is 14.5 Å². The number of rotatable bonds is 4. The van der Waals surface area contributed by atoms with Crippen molar-refractivity contribution in [3.05, 3.63) is 59.7 Å². The molecule has 1 N–H and O–H groups in total. The zero-order valence-electron chi connectivity index (χ0n) is 21.6. The smallest absolute Gasteiger partial charge is 0.242 e. The number of carbonyl (C=O) groups excluding carboxylic acids is 3. The van der Waals surface area contributed by atoms with E-state index < -0.39 is 21.5 Å². The van der Waals surface area contributed by atoms with E-state index in [2.05, 4.69) is 4.72 Å². The molecule has 0 radical (unpaired) electrons. The molecule has 0 saturated carbocycles. The van der Waals surface area contributed by atoms with Crippen LogP contribution in [0, 0.1) is 0 Å². The SMILES string of the molecule is CN1CCCOc2cccc(c2)[C@@H]2N(C(=O)CCNS(C)(=O)=O)CC[C@]23C(=O)N(CC1=O)c1ccccc13. The highest BCUT2D eigenvalue weighted by molar-refractivity contribution is 7.88. The number of sulfonamides is 1. The van der Waals surface area contributed by atoms with E-state index in [0.29, 0.717) is 44.0 Å². The van der Waals surface area contributed by atoms with E-state index in [1.165, 1.54) is 0 Å². The third-order valence-electron chi connectivity index (χ3n) is 7.65. The monoisotopic (exact) mass is 540 g/mol. The predicted molar refractivity (Wildman–Crippen MR) is 141 cm³/mol. The third-order valence-corrected chi connectivity index (χ3v) is 8.38. The van der Waals surface area contributed by atoms with Crippen LogP contribution < -0.4 is 14.4 Å². The average Bonchev–Trinajstić information content (AvgIpc) is 3.39. The number of hydrogen-bond acceptors (Lipinski definition) is 6. The molecule has 10 nitrogen and oxygen atoms in total. The molecule has 1 spiro atoms. The number of hydrogen-bond donors (Lipinski definition) is 1. The molecule has 2 atom stereocenters. The number of carbonyl (C=O) groups is 3. The van der Waals surface area contributed by atoms with Gasteiger partial charge in [-0.3, -0.25) is 14.4 Å². The molecule has 202 valence electrons. The highest BCUT2D eigenvalue weighted by Crippen LogP contribution is 2.56. The van der Waals surface area contributed by atoms with Crippen molar-refractivity contribution in [2.45, 2.75) is 30.7 Å². The van der Waals surface area contributed by atoms with Gasteiger partial charge in [0.25, 0.3) is 0 Å². The Morgan fingerprint density at radius 3 is 2.71 bits per heavy atom. The summed E-state index contributed by atoms with van der Waals surface area (Å²) in [5.41, 5.74) is 1.14. The Hall–Kier alpha value is -3.44. The van der Waals surface area contributed by atoms with Crippen molar-refractivity contribution < 1.29 is 27.5 Å². The molecule has 0 unspecified atom stereocenters. The molecule has 38 heavy (non-hydrogen) atoms. The average molecular weight is 541 g/mol.